The molecule has 1 atom stereocenters. The molecule has 0 aliphatic carbocycles. The highest BCUT2D eigenvalue weighted by molar-refractivity contribution is 8.00. The lowest BCUT2D eigenvalue weighted by molar-refractivity contribution is -0.137. The number of hydrogen-bond acceptors (Lipinski definition) is 3. The number of allylic oxidation sites excluding steroid dienone is 4. The van der Waals surface area contributed by atoms with Gasteiger partial charge in [-0.15, -0.1) is 11.8 Å². The second-order valence-corrected chi connectivity index (χ2v) is 7.94. The summed E-state index contributed by atoms with van der Waals surface area (Å²) < 4.78 is 5.07. The van der Waals surface area contributed by atoms with Gasteiger partial charge in [0.2, 0.25) is 0 Å². The lowest BCUT2D eigenvalue weighted by atomic mass is 10.1. The van der Waals surface area contributed by atoms with Crippen molar-refractivity contribution in [3.8, 4) is 0 Å². The summed E-state index contributed by atoms with van der Waals surface area (Å²) in [6.07, 6.45) is 9.28. The van der Waals surface area contributed by atoms with Crippen molar-refractivity contribution in [2.45, 2.75) is 64.0 Å². The first-order valence-electron chi connectivity index (χ1n) is 9.28. The van der Waals surface area contributed by atoms with Gasteiger partial charge < -0.3 is 4.74 Å². The first-order chi connectivity index (χ1) is 12.4. The van der Waals surface area contributed by atoms with Crippen LogP contribution in [0.3, 0.4) is 0 Å². The van der Waals surface area contributed by atoms with Crippen molar-refractivity contribution in [2.24, 2.45) is 0 Å². The Kier molecular flexibility index (Phi) is 10.8. The second kappa shape index (κ2) is 12.6. The zero-order valence-electron chi connectivity index (χ0n) is 16.7. The molecule has 0 aliphatic heterocycles. The summed E-state index contributed by atoms with van der Waals surface area (Å²) >= 11 is 1.80. The molecule has 142 valence electrons. The Labute approximate surface area is 163 Å². The van der Waals surface area contributed by atoms with Crippen molar-refractivity contribution in [1.82, 2.24) is 0 Å². The molecule has 0 aliphatic rings. The zero-order chi connectivity index (χ0) is 19.4. The molecule has 3 heteroatoms. The lowest BCUT2D eigenvalue weighted by Gasteiger charge is -2.16. The number of rotatable bonds is 10. The van der Waals surface area contributed by atoms with Crippen molar-refractivity contribution in [2.75, 3.05) is 6.61 Å². The van der Waals surface area contributed by atoms with Crippen molar-refractivity contribution >= 4 is 17.7 Å². The van der Waals surface area contributed by atoms with Gasteiger partial charge in [-0.25, -0.2) is 4.79 Å². The van der Waals surface area contributed by atoms with Crippen LogP contribution in [0.25, 0.3) is 0 Å². The molecule has 0 saturated carbocycles. The number of carbonyl (C=O) groups excluding carboxylic acids is 1. The summed E-state index contributed by atoms with van der Waals surface area (Å²) in [5.74, 6) is -0.257. The quantitative estimate of drug-likeness (QED) is 0.197. The van der Waals surface area contributed by atoms with E-state index in [2.05, 4.69) is 45.1 Å². The average molecular weight is 373 g/mol. The molecule has 1 unspecified atom stereocenters. The van der Waals surface area contributed by atoms with Crippen LogP contribution in [-0.2, 0) is 9.53 Å². The van der Waals surface area contributed by atoms with Crippen LogP contribution in [-0.4, -0.2) is 17.8 Å². The van der Waals surface area contributed by atoms with Gasteiger partial charge in [0.25, 0.3) is 0 Å². The van der Waals surface area contributed by atoms with E-state index in [4.69, 9.17) is 4.74 Å². The molecule has 1 aromatic carbocycles. The number of ether oxygens (including phenoxy) is 1. The molecule has 0 radical (unpaired) electrons. The summed E-state index contributed by atoms with van der Waals surface area (Å²) in [6, 6.07) is 10.3. The molecule has 0 fully saturated rings. The third-order valence-electron chi connectivity index (χ3n) is 3.93. The molecule has 1 rings (SSSR count). The van der Waals surface area contributed by atoms with E-state index in [9.17, 15) is 4.79 Å². The normalized spacial score (nSPS) is 13.3. The van der Waals surface area contributed by atoms with E-state index >= 15 is 0 Å². The summed E-state index contributed by atoms with van der Waals surface area (Å²) in [4.78, 5) is 13.0. The van der Waals surface area contributed by atoms with E-state index in [1.165, 1.54) is 16.0 Å². The molecule has 0 bridgehead atoms. The molecule has 1 aromatic rings. The van der Waals surface area contributed by atoms with Crippen LogP contribution in [0, 0.1) is 0 Å². The van der Waals surface area contributed by atoms with E-state index in [0.29, 0.717) is 6.61 Å². The van der Waals surface area contributed by atoms with Crippen molar-refractivity contribution < 1.29 is 9.53 Å². The molecule has 0 saturated heterocycles. The number of thioether (sulfide) groups is 1. The highest BCUT2D eigenvalue weighted by Crippen LogP contribution is 2.31. The number of benzene rings is 1. The summed E-state index contributed by atoms with van der Waals surface area (Å²) in [6.45, 7) is 10.7. The van der Waals surface area contributed by atoms with Crippen molar-refractivity contribution in [1.29, 1.82) is 0 Å². The van der Waals surface area contributed by atoms with Gasteiger partial charge in [-0.3, -0.25) is 0 Å². The Morgan fingerprint density at radius 3 is 2.42 bits per heavy atom. The largest absolute Gasteiger partial charge is 0.463 e. The summed E-state index contributed by atoms with van der Waals surface area (Å²) in [7, 11) is 0. The van der Waals surface area contributed by atoms with Crippen molar-refractivity contribution in [3.05, 3.63) is 65.3 Å². The fourth-order valence-electron chi connectivity index (χ4n) is 2.45. The maximum Gasteiger partial charge on any atom is 0.330 e. The highest BCUT2D eigenvalue weighted by atomic mass is 32.2. The summed E-state index contributed by atoms with van der Waals surface area (Å²) in [5.41, 5.74) is 3.80. The van der Waals surface area contributed by atoms with E-state index in [1.54, 1.807) is 17.8 Å². The molecular weight excluding hydrogens is 340 g/mol. The number of carbonyl (C=O) groups is 1. The van der Waals surface area contributed by atoms with Gasteiger partial charge in [-0.1, -0.05) is 47.1 Å². The minimum atomic E-state index is -0.257. The van der Waals surface area contributed by atoms with Crippen LogP contribution in [0.5, 0.6) is 0 Å². The maximum atomic E-state index is 11.8. The molecule has 0 aromatic heterocycles. The predicted molar refractivity (Wildman–Crippen MR) is 114 cm³/mol. The minimum absolute atomic E-state index is 0.222. The maximum absolute atomic E-state index is 11.8. The van der Waals surface area contributed by atoms with Crippen LogP contribution in [0.2, 0.25) is 0 Å². The monoisotopic (exact) mass is 372 g/mol. The van der Waals surface area contributed by atoms with Crippen LogP contribution in [0.1, 0.15) is 53.9 Å². The van der Waals surface area contributed by atoms with Crippen molar-refractivity contribution in [3.63, 3.8) is 0 Å². The molecule has 2 nitrogen and oxygen atoms in total. The Hall–Kier alpha value is -1.74. The Morgan fingerprint density at radius 2 is 1.81 bits per heavy atom. The lowest BCUT2D eigenvalue weighted by Crippen LogP contribution is -2.08. The molecule has 26 heavy (non-hydrogen) atoms. The Balaban J connectivity index is 2.83. The SMILES string of the molecule is CCOC(=O)/C=C(/C)C(C/C=C(/C)CCC=C(C)C)Sc1ccccc1. The fraction of sp³-hybridized carbons (Fsp3) is 0.435. The van der Waals surface area contributed by atoms with Crippen LogP contribution >= 0.6 is 11.8 Å². The second-order valence-electron chi connectivity index (χ2n) is 6.67. The van der Waals surface area contributed by atoms with Crippen LogP contribution in [0.4, 0.5) is 0 Å². The molecule has 0 spiro atoms. The van der Waals surface area contributed by atoms with Gasteiger partial charge in [0.05, 0.1) is 6.61 Å². The highest BCUT2D eigenvalue weighted by Gasteiger charge is 2.13. The van der Waals surface area contributed by atoms with Crippen LogP contribution in [0.15, 0.2) is 70.2 Å². The van der Waals surface area contributed by atoms with Crippen LogP contribution < -0.4 is 0 Å². The smallest absolute Gasteiger partial charge is 0.330 e. The number of esters is 1. The zero-order valence-corrected chi connectivity index (χ0v) is 17.6. The number of hydrogen-bond donors (Lipinski definition) is 0. The van der Waals surface area contributed by atoms with Gasteiger partial charge in [0.1, 0.15) is 0 Å². The van der Waals surface area contributed by atoms with E-state index < -0.39 is 0 Å². The Bertz CT molecular complexity index is 637. The van der Waals surface area contributed by atoms with Gasteiger partial charge in [-0.05, 0) is 66.0 Å². The first kappa shape index (κ1) is 22.3. The average Bonchev–Trinajstić information content (AvgIpc) is 2.59. The fourth-order valence-corrected chi connectivity index (χ4v) is 3.54. The molecule has 0 heterocycles. The van der Waals surface area contributed by atoms with Gasteiger partial charge >= 0.3 is 5.97 Å². The van der Waals surface area contributed by atoms with Gasteiger partial charge in [-0.2, -0.15) is 0 Å². The molecular formula is C23H32O2S. The van der Waals surface area contributed by atoms with Gasteiger partial charge in [0.15, 0.2) is 0 Å². The van der Waals surface area contributed by atoms with E-state index in [-0.39, 0.29) is 11.2 Å². The molecule has 0 amide bonds. The topological polar surface area (TPSA) is 26.3 Å². The van der Waals surface area contributed by atoms with E-state index in [0.717, 1.165) is 24.8 Å². The third kappa shape index (κ3) is 9.67. The first-order valence-corrected chi connectivity index (χ1v) is 10.2. The third-order valence-corrected chi connectivity index (χ3v) is 5.33. The molecule has 0 N–H and O–H groups in total. The summed E-state index contributed by atoms with van der Waals surface area (Å²) in [5, 5.41) is 0.222. The van der Waals surface area contributed by atoms with Gasteiger partial charge in [0, 0.05) is 16.2 Å². The minimum Gasteiger partial charge on any atom is -0.463 e. The predicted octanol–water partition coefficient (Wildman–Crippen LogP) is 6.74. The van der Waals surface area contributed by atoms with E-state index in [1.807, 2.05) is 32.0 Å². The Morgan fingerprint density at radius 1 is 1.12 bits per heavy atom. The standard InChI is InChI=1S/C23H32O2S/c1-6-25-23(24)17-20(5)22(26-21-13-8-7-9-14-21)16-15-19(4)12-10-11-18(2)3/h7-9,11,13-15,17,22H,6,10,12,16H2,1-5H3/b19-15-,20-17-.